The van der Waals surface area contributed by atoms with Crippen LogP contribution in [-0.2, 0) is 0 Å². The van der Waals surface area contributed by atoms with E-state index in [0.717, 1.165) is 44.5 Å². The molecule has 45 heavy (non-hydrogen) atoms. The maximum atomic E-state index is 5.04. The Balaban J connectivity index is 1.43. The monoisotopic (exact) mass is 579 g/mol. The molecule has 0 fully saturated rings. The van der Waals surface area contributed by atoms with Crippen molar-refractivity contribution in [2.24, 2.45) is 0 Å². The molecule has 0 N–H and O–H groups in total. The summed E-state index contributed by atoms with van der Waals surface area (Å²) in [5.74, 6) is 1.91. The maximum absolute atomic E-state index is 5.04. The minimum Gasteiger partial charge on any atom is -0.309 e. The zero-order valence-electron chi connectivity index (χ0n) is 25.0. The molecule has 5 heteroatoms. The van der Waals surface area contributed by atoms with Crippen LogP contribution in [0.15, 0.2) is 140 Å². The van der Waals surface area contributed by atoms with Crippen LogP contribution in [-0.4, -0.2) is 24.5 Å². The molecule has 8 rings (SSSR count). The summed E-state index contributed by atoms with van der Waals surface area (Å²) in [6.07, 6.45) is 3.69. The molecule has 8 aromatic rings. The summed E-state index contributed by atoms with van der Waals surface area (Å²) in [7, 11) is 0. The van der Waals surface area contributed by atoms with Gasteiger partial charge in [-0.05, 0) is 60.9 Å². The molecular formula is C40H29N5. The summed E-state index contributed by atoms with van der Waals surface area (Å²) in [6, 6.07) is 44.2. The summed E-state index contributed by atoms with van der Waals surface area (Å²) in [5, 5.41) is 2.44. The minimum atomic E-state index is 0.623. The standard InChI is InChI=1S/C40H29N5/c1-26-13-16-33-34-17-14-27(2)24-36(34)45(35(33)23-26)37-25-31(15-18-32(37)28-19-21-41-22-20-28)40-43-38(29-9-5-3-6-10-29)42-39(44-40)30-11-7-4-8-12-30/h3-25H,1-2H3. The Hall–Kier alpha value is -5.94. The lowest BCUT2D eigenvalue weighted by molar-refractivity contribution is 1.07. The van der Waals surface area contributed by atoms with E-state index >= 15 is 0 Å². The first-order chi connectivity index (χ1) is 22.1. The van der Waals surface area contributed by atoms with Crippen molar-refractivity contribution in [2.75, 3.05) is 0 Å². The van der Waals surface area contributed by atoms with Crippen molar-refractivity contribution in [3.05, 3.63) is 151 Å². The molecule has 5 aromatic carbocycles. The molecular weight excluding hydrogens is 550 g/mol. The van der Waals surface area contributed by atoms with E-state index in [4.69, 9.17) is 15.0 Å². The lowest BCUT2D eigenvalue weighted by Crippen LogP contribution is -2.02. The van der Waals surface area contributed by atoms with Gasteiger partial charge in [-0.25, -0.2) is 15.0 Å². The summed E-state index contributed by atoms with van der Waals surface area (Å²) in [6.45, 7) is 4.29. The van der Waals surface area contributed by atoms with Crippen LogP contribution in [0, 0.1) is 13.8 Å². The van der Waals surface area contributed by atoms with Crippen LogP contribution < -0.4 is 0 Å². The lowest BCUT2D eigenvalue weighted by atomic mass is 10.0. The number of rotatable bonds is 5. The molecule has 0 aliphatic rings. The normalized spacial score (nSPS) is 11.3. The van der Waals surface area contributed by atoms with Crippen molar-refractivity contribution in [3.63, 3.8) is 0 Å². The maximum Gasteiger partial charge on any atom is 0.164 e. The molecule has 214 valence electrons. The first-order valence-corrected chi connectivity index (χ1v) is 15.1. The topological polar surface area (TPSA) is 56.5 Å². The van der Waals surface area contributed by atoms with E-state index in [2.05, 4.69) is 90.1 Å². The van der Waals surface area contributed by atoms with E-state index in [-0.39, 0.29) is 0 Å². The van der Waals surface area contributed by atoms with Gasteiger partial charge in [-0.2, -0.15) is 0 Å². The van der Waals surface area contributed by atoms with Crippen molar-refractivity contribution in [2.45, 2.75) is 13.8 Å². The van der Waals surface area contributed by atoms with Crippen LogP contribution >= 0.6 is 0 Å². The molecule has 0 saturated carbocycles. The Morgan fingerprint density at radius 2 is 0.956 bits per heavy atom. The number of benzene rings is 5. The fourth-order valence-corrected chi connectivity index (χ4v) is 6.07. The average Bonchev–Trinajstić information content (AvgIpc) is 3.41. The summed E-state index contributed by atoms with van der Waals surface area (Å²) >= 11 is 0. The van der Waals surface area contributed by atoms with E-state index < -0.39 is 0 Å². The van der Waals surface area contributed by atoms with Crippen LogP contribution in [0.25, 0.3) is 72.8 Å². The zero-order chi connectivity index (χ0) is 30.3. The van der Waals surface area contributed by atoms with Crippen molar-refractivity contribution in [1.29, 1.82) is 0 Å². The molecule has 0 unspecified atom stereocenters. The van der Waals surface area contributed by atoms with E-state index in [0.29, 0.717) is 17.5 Å². The number of aromatic nitrogens is 5. The Kier molecular flexibility index (Phi) is 6.50. The quantitative estimate of drug-likeness (QED) is 0.204. The molecule has 0 saturated heterocycles. The molecule has 3 aromatic heterocycles. The van der Waals surface area contributed by atoms with Crippen molar-refractivity contribution >= 4 is 21.8 Å². The van der Waals surface area contributed by atoms with Gasteiger partial charge in [0.05, 0.1) is 16.7 Å². The van der Waals surface area contributed by atoms with Crippen LogP contribution in [0.2, 0.25) is 0 Å². The molecule has 0 bridgehead atoms. The van der Waals surface area contributed by atoms with E-state index in [1.54, 1.807) is 0 Å². The molecule has 0 radical (unpaired) electrons. The van der Waals surface area contributed by atoms with Crippen LogP contribution in [0.1, 0.15) is 11.1 Å². The predicted molar refractivity (Wildman–Crippen MR) is 183 cm³/mol. The van der Waals surface area contributed by atoms with Crippen molar-refractivity contribution < 1.29 is 0 Å². The molecule has 0 spiro atoms. The minimum absolute atomic E-state index is 0.623. The molecule has 0 aliphatic carbocycles. The SMILES string of the molecule is Cc1ccc2c3ccc(C)cc3n(-c3cc(-c4nc(-c5ccccc5)nc(-c5ccccc5)n4)ccc3-c3ccncc3)c2c1. The summed E-state index contributed by atoms with van der Waals surface area (Å²) in [5.41, 5.74) is 10.8. The molecule has 0 atom stereocenters. The van der Waals surface area contributed by atoms with Crippen LogP contribution in [0.3, 0.4) is 0 Å². The average molecular weight is 580 g/mol. The summed E-state index contributed by atoms with van der Waals surface area (Å²) < 4.78 is 2.39. The number of fused-ring (bicyclic) bond motifs is 3. The summed E-state index contributed by atoms with van der Waals surface area (Å²) in [4.78, 5) is 19.3. The predicted octanol–water partition coefficient (Wildman–Crippen LogP) is 9.65. The second-order valence-electron chi connectivity index (χ2n) is 11.4. The second-order valence-corrected chi connectivity index (χ2v) is 11.4. The highest BCUT2D eigenvalue weighted by Gasteiger charge is 2.19. The largest absolute Gasteiger partial charge is 0.309 e. The fourth-order valence-electron chi connectivity index (χ4n) is 6.07. The van der Waals surface area contributed by atoms with Gasteiger partial charge in [0.2, 0.25) is 0 Å². The molecule has 0 aliphatic heterocycles. The van der Waals surface area contributed by atoms with Gasteiger partial charge in [-0.3, -0.25) is 4.98 Å². The molecule has 0 amide bonds. The Bertz CT molecular complexity index is 2210. The van der Waals surface area contributed by atoms with Crippen molar-refractivity contribution in [1.82, 2.24) is 24.5 Å². The molecule has 3 heterocycles. The fraction of sp³-hybridized carbons (Fsp3) is 0.0500. The number of hydrogen-bond acceptors (Lipinski definition) is 4. The van der Waals surface area contributed by atoms with E-state index in [9.17, 15) is 0 Å². The molecule has 5 nitrogen and oxygen atoms in total. The van der Waals surface area contributed by atoms with Gasteiger partial charge in [-0.1, -0.05) is 97.1 Å². The van der Waals surface area contributed by atoms with Gasteiger partial charge in [-0.15, -0.1) is 0 Å². The lowest BCUT2D eigenvalue weighted by Gasteiger charge is -2.16. The Morgan fingerprint density at radius 3 is 1.49 bits per heavy atom. The van der Waals surface area contributed by atoms with Gasteiger partial charge in [0.1, 0.15) is 0 Å². The van der Waals surface area contributed by atoms with Gasteiger partial charge >= 0.3 is 0 Å². The highest BCUT2D eigenvalue weighted by Crippen LogP contribution is 2.38. The van der Waals surface area contributed by atoms with Crippen LogP contribution in [0.5, 0.6) is 0 Å². The first kappa shape index (κ1) is 26.7. The van der Waals surface area contributed by atoms with Gasteiger partial charge in [0, 0.05) is 45.4 Å². The van der Waals surface area contributed by atoms with Crippen LogP contribution in [0.4, 0.5) is 0 Å². The van der Waals surface area contributed by atoms with Gasteiger partial charge in [0.15, 0.2) is 17.5 Å². The Labute approximate surface area is 261 Å². The highest BCUT2D eigenvalue weighted by atomic mass is 15.0. The highest BCUT2D eigenvalue weighted by molar-refractivity contribution is 6.10. The second kappa shape index (κ2) is 11.0. The zero-order valence-corrected chi connectivity index (χ0v) is 25.0. The first-order valence-electron chi connectivity index (χ1n) is 15.1. The van der Waals surface area contributed by atoms with Gasteiger partial charge in [0.25, 0.3) is 0 Å². The van der Waals surface area contributed by atoms with Gasteiger partial charge < -0.3 is 4.57 Å². The number of aryl methyl sites for hydroxylation is 2. The third kappa shape index (κ3) is 4.85. The third-order valence-electron chi connectivity index (χ3n) is 8.27. The Morgan fingerprint density at radius 1 is 0.444 bits per heavy atom. The number of hydrogen-bond donors (Lipinski definition) is 0. The number of nitrogens with zero attached hydrogens (tertiary/aromatic N) is 5. The van der Waals surface area contributed by atoms with E-state index in [1.165, 1.54) is 21.9 Å². The number of pyridine rings is 1. The third-order valence-corrected chi connectivity index (χ3v) is 8.27. The van der Waals surface area contributed by atoms with E-state index in [1.807, 2.05) is 73.1 Å². The smallest absolute Gasteiger partial charge is 0.164 e. The van der Waals surface area contributed by atoms with Crippen molar-refractivity contribution in [3.8, 4) is 51.0 Å².